The van der Waals surface area contributed by atoms with Crippen LogP contribution in [0.5, 0.6) is 0 Å². The van der Waals surface area contributed by atoms with Gasteiger partial charge in [-0.3, -0.25) is 9.69 Å². The van der Waals surface area contributed by atoms with Crippen LogP contribution in [0.25, 0.3) is 0 Å². The fourth-order valence-corrected chi connectivity index (χ4v) is 3.95. The lowest BCUT2D eigenvalue weighted by molar-refractivity contribution is -0.134. The SMILES string of the molecule is C=CCN1C(=O)NC(C)C(Cc2nnc(SCc3c(F)cccc3Cl)o2)C1=O. The number of urea groups is 1. The zero-order valence-electron chi connectivity index (χ0n) is 15.0. The molecule has 2 aromatic rings. The third-order valence-electron chi connectivity index (χ3n) is 4.34. The molecule has 0 spiro atoms. The predicted molar refractivity (Wildman–Crippen MR) is 102 cm³/mol. The van der Waals surface area contributed by atoms with E-state index in [1.165, 1.54) is 18.2 Å². The molecule has 148 valence electrons. The Labute approximate surface area is 170 Å². The molecule has 28 heavy (non-hydrogen) atoms. The molecular formula is C18H18ClFN4O3S. The molecule has 1 aromatic carbocycles. The number of halogens is 2. The van der Waals surface area contributed by atoms with Gasteiger partial charge in [0.05, 0.1) is 5.92 Å². The molecule has 1 aliphatic rings. The van der Waals surface area contributed by atoms with Crippen molar-refractivity contribution in [3.8, 4) is 0 Å². The second-order valence-electron chi connectivity index (χ2n) is 6.24. The molecule has 0 bridgehead atoms. The third kappa shape index (κ3) is 4.36. The van der Waals surface area contributed by atoms with Crippen molar-refractivity contribution in [1.82, 2.24) is 20.4 Å². The first-order valence-corrected chi connectivity index (χ1v) is 9.88. The van der Waals surface area contributed by atoms with Crippen molar-refractivity contribution in [3.63, 3.8) is 0 Å². The van der Waals surface area contributed by atoms with E-state index >= 15 is 0 Å². The molecule has 2 atom stereocenters. The molecule has 1 aromatic heterocycles. The third-order valence-corrected chi connectivity index (χ3v) is 5.54. The molecule has 1 saturated heterocycles. The summed E-state index contributed by atoms with van der Waals surface area (Å²) >= 11 is 7.16. The second-order valence-corrected chi connectivity index (χ2v) is 7.57. The highest BCUT2D eigenvalue weighted by Gasteiger charge is 2.39. The van der Waals surface area contributed by atoms with Crippen molar-refractivity contribution < 1.29 is 18.4 Å². The lowest BCUT2D eigenvalue weighted by Crippen LogP contribution is -2.59. The topological polar surface area (TPSA) is 88.3 Å². The number of nitrogens with zero attached hydrogens (tertiary/aromatic N) is 3. The van der Waals surface area contributed by atoms with Crippen LogP contribution in [0, 0.1) is 11.7 Å². The van der Waals surface area contributed by atoms with Crippen LogP contribution in [0.4, 0.5) is 9.18 Å². The van der Waals surface area contributed by atoms with Gasteiger partial charge in [-0.15, -0.1) is 16.8 Å². The van der Waals surface area contributed by atoms with Crippen LogP contribution >= 0.6 is 23.4 Å². The van der Waals surface area contributed by atoms with Gasteiger partial charge in [0.25, 0.3) is 5.22 Å². The molecule has 0 aliphatic carbocycles. The zero-order valence-corrected chi connectivity index (χ0v) is 16.6. The van der Waals surface area contributed by atoms with E-state index in [1.54, 1.807) is 13.0 Å². The minimum Gasteiger partial charge on any atom is -0.416 e. The van der Waals surface area contributed by atoms with Gasteiger partial charge in [-0.25, -0.2) is 9.18 Å². The van der Waals surface area contributed by atoms with Gasteiger partial charge in [0, 0.05) is 35.3 Å². The Morgan fingerprint density at radius 2 is 2.21 bits per heavy atom. The molecule has 7 nitrogen and oxygen atoms in total. The Kier molecular flexibility index (Phi) is 6.35. The van der Waals surface area contributed by atoms with Crippen molar-refractivity contribution in [2.75, 3.05) is 6.54 Å². The molecule has 1 aliphatic heterocycles. The average Bonchev–Trinajstić information content (AvgIpc) is 3.09. The Hall–Kier alpha value is -2.39. The van der Waals surface area contributed by atoms with Crippen molar-refractivity contribution in [2.24, 2.45) is 5.92 Å². The molecule has 3 rings (SSSR count). The second kappa shape index (κ2) is 8.74. The van der Waals surface area contributed by atoms with E-state index < -0.39 is 17.8 Å². The van der Waals surface area contributed by atoms with E-state index in [2.05, 4.69) is 22.1 Å². The highest BCUT2D eigenvalue weighted by Crippen LogP contribution is 2.28. The van der Waals surface area contributed by atoms with Crippen LogP contribution in [0.3, 0.4) is 0 Å². The smallest absolute Gasteiger partial charge is 0.324 e. The highest BCUT2D eigenvalue weighted by atomic mass is 35.5. The lowest BCUT2D eigenvalue weighted by atomic mass is 9.93. The number of aromatic nitrogens is 2. The number of amides is 3. The van der Waals surface area contributed by atoms with Crippen LogP contribution in [-0.4, -0.2) is 39.6 Å². The molecule has 10 heteroatoms. The largest absolute Gasteiger partial charge is 0.416 e. The van der Waals surface area contributed by atoms with Crippen LogP contribution in [0.15, 0.2) is 40.5 Å². The molecule has 2 unspecified atom stereocenters. The van der Waals surface area contributed by atoms with Gasteiger partial charge < -0.3 is 9.73 Å². The molecule has 1 fully saturated rings. The number of hydrogen-bond donors (Lipinski definition) is 1. The van der Waals surface area contributed by atoms with Gasteiger partial charge in [0.15, 0.2) is 0 Å². The van der Waals surface area contributed by atoms with Gasteiger partial charge in [-0.2, -0.15) is 0 Å². The van der Waals surface area contributed by atoms with Crippen molar-refractivity contribution in [1.29, 1.82) is 0 Å². The summed E-state index contributed by atoms with van der Waals surface area (Å²) < 4.78 is 19.4. The van der Waals surface area contributed by atoms with Gasteiger partial charge in [0.2, 0.25) is 11.8 Å². The first kappa shape index (κ1) is 20.3. The summed E-state index contributed by atoms with van der Waals surface area (Å²) in [4.78, 5) is 25.6. The Bertz CT molecular complexity index is 886. The fraction of sp³-hybridized carbons (Fsp3) is 0.333. The molecule has 0 saturated carbocycles. The first-order valence-electron chi connectivity index (χ1n) is 8.51. The number of imide groups is 1. The average molecular weight is 425 g/mol. The summed E-state index contributed by atoms with van der Waals surface area (Å²) in [6, 6.07) is 3.66. The van der Waals surface area contributed by atoms with E-state index in [0.717, 1.165) is 16.7 Å². The molecule has 2 heterocycles. The van der Waals surface area contributed by atoms with Crippen molar-refractivity contribution in [2.45, 2.75) is 30.4 Å². The minimum atomic E-state index is -0.531. The quantitative estimate of drug-likeness (QED) is 0.541. The summed E-state index contributed by atoms with van der Waals surface area (Å²) in [5.74, 6) is -0.755. The van der Waals surface area contributed by atoms with Crippen molar-refractivity contribution in [3.05, 3.63) is 53.1 Å². The number of rotatable bonds is 7. The number of carbonyl (C=O) groups excluding carboxylic acids is 2. The Morgan fingerprint density at radius 3 is 2.93 bits per heavy atom. The first-order chi connectivity index (χ1) is 13.4. The van der Waals surface area contributed by atoms with Crippen molar-refractivity contribution >= 4 is 35.3 Å². The minimum absolute atomic E-state index is 0.127. The monoisotopic (exact) mass is 424 g/mol. The number of thioether (sulfide) groups is 1. The Balaban J connectivity index is 1.66. The van der Waals surface area contributed by atoms with E-state index in [-0.39, 0.29) is 41.8 Å². The normalized spacial score (nSPS) is 19.6. The summed E-state index contributed by atoms with van der Waals surface area (Å²) in [5, 5.41) is 11.2. The number of carbonyl (C=O) groups is 2. The van der Waals surface area contributed by atoms with Crippen LogP contribution in [0.2, 0.25) is 5.02 Å². The van der Waals surface area contributed by atoms with E-state index in [1.807, 2.05) is 0 Å². The number of benzene rings is 1. The summed E-state index contributed by atoms with van der Waals surface area (Å²) in [6.45, 7) is 5.43. The molecule has 0 radical (unpaired) electrons. The number of hydrogen-bond acceptors (Lipinski definition) is 6. The standard InChI is InChI=1S/C18H18ClFN4O3S/c1-3-7-24-16(25)11(10(2)21-17(24)26)8-15-22-23-18(27-15)28-9-12-13(19)5-4-6-14(12)20/h3-6,10-11H,1,7-9H2,2H3,(H,21,26). The maximum Gasteiger partial charge on any atom is 0.324 e. The van der Waals surface area contributed by atoms with Gasteiger partial charge in [-0.05, 0) is 19.1 Å². The van der Waals surface area contributed by atoms with Crippen LogP contribution in [0.1, 0.15) is 18.4 Å². The maximum absolute atomic E-state index is 13.8. The predicted octanol–water partition coefficient (Wildman–Crippen LogP) is 3.44. The van der Waals surface area contributed by atoms with E-state index in [0.29, 0.717) is 10.6 Å². The molecule has 3 amide bonds. The van der Waals surface area contributed by atoms with E-state index in [4.69, 9.17) is 16.0 Å². The summed E-state index contributed by atoms with van der Waals surface area (Å²) in [6.07, 6.45) is 1.67. The van der Waals surface area contributed by atoms with Crippen LogP contribution in [-0.2, 0) is 17.0 Å². The highest BCUT2D eigenvalue weighted by molar-refractivity contribution is 7.98. The zero-order chi connectivity index (χ0) is 20.3. The summed E-state index contributed by atoms with van der Waals surface area (Å²) in [7, 11) is 0. The van der Waals surface area contributed by atoms with E-state index in [9.17, 15) is 14.0 Å². The maximum atomic E-state index is 13.8. The van der Waals surface area contributed by atoms with Gasteiger partial charge >= 0.3 is 6.03 Å². The molecular weight excluding hydrogens is 407 g/mol. The van der Waals surface area contributed by atoms with Crippen LogP contribution < -0.4 is 5.32 Å². The fourth-order valence-electron chi connectivity index (χ4n) is 2.82. The molecule has 1 N–H and O–H groups in total. The lowest BCUT2D eigenvalue weighted by Gasteiger charge is -2.34. The van der Waals surface area contributed by atoms with Gasteiger partial charge in [-0.1, -0.05) is 35.5 Å². The summed E-state index contributed by atoms with van der Waals surface area (Å²) in [5.41, 5.74) is 0.354. The Morgan fingerprint density at radius 1 is 1.43 bits per heavy atom. The number of nitrogens with one attached hydrogen (secondary N) is 1. The van der Waals surface area contributed by atoms with Gasteiger partial charge in [0.1, 0.15) is 5.82 Å².